The summed E-state index contributed by atoms with van der Waals surface area (Å²) in [5.41, 5.74) is 1.49. The molecular weight excluding hydrogens is 495 g/mol. The second kappa shape index (κ2) is 9.81. The van der Waals surface area contributed by atoms with Crippen molar-refractivity contribution in [2.24, 2.45) is 23.5 Å². The van der Waals surface area contributed by atoms with Gasteiger partial charge in [0, 0.05) is 41.6 Å². The fraction of sp³-hybridized carbons (Fsp3) is 0.536. The number of nitrogens with zero attached hydrogens (tertiary/aromatic N) is 1. The quantitative estimate of drug-likeness (QED) is 0.336. The van der Waals surface area contributed by atoms with Gasteiger partial charge < -0.3 is 26.2 Å². The lowest BCUT2D eigenvalue weighted by Gasteiger charge is -2.46. The predicted octanol–water partition coefficient (Wildman–Crippen LogP) is 2.82. The number of halogens is 1. The van der Waals surface area contributed by atoms with Crippen LogP contribution in [0.4, 0.5) is 4.39 Å². The highest BCUT2D eigenvalue weighted by Crippen LogP contribution is 2.52. The SMILES string of the molecule is CC(C)CCN(Cc1cc(O)c2c(c1F)CC1C[C@H]3CC(=O)C(C(N)=O)=C(O)[C@@]3(O)C(=O)C1=C2O)C(C)C. The van der Waals surface area contributed by atoms with Crippen LogP contribution in [0, 0.1) is 23.6 Å². The Morgan fingerprint density at radius 3 is 2.42 bits per heavy atom. The summed E-state index contributed by atoms with van der Waals surface area (Å²) >= 11 is 0. The first-order chi connectivity index (χ1) is 17.7. The molecule has 0 aliphatic heterocycles. The Hall–Kier alpha value is -3.24. The third-order valence-electron chi connectivity index (χ3n) is 8.17. The maximum atomic E-state index is 15.9. The van der Waals surface area contributed by atoms with E-state index >= 15 is 4.39 Å². The summed E-state index contributed by atoms with van der Waals surface area (Å²) in [6, 6.07) is 1.36. The number of aromatic hydroxyl groups is 1. The van der Waals surface area contributed by atoms with Gasteiger partial charge in [-0.15, -0.1) is 0 Å². The summed E-state index contributed by atoms with van der Waals surface area (Å²) in [7, 11) is 0. The minimum absolute atomic E-state index is 0.0418. The average molecular weight is 531 g/mol. The monoisotopic (exact) mass is 530 g/mol. The first-order valence-electron chi connectivity index (χ1n) is 12.9. The van der Waals surface area contributed by atoms with E-state index in [4.69, 9.17) is 5.73 Å². The lowest BCUT2D eigenvalue weighted by atomic mass is 9.59. The number of aliphatic hydroxyl groups excluding tert-OH is 2. The van der Waals surface area contributed by atoms with E-state index in [1.165, 1.54) is 6.07 Å². The van der Waals surface area contributed by atoms with E-state index in [0.29, 0.717) is 5.92 Å². The minimum Gasteiger partial charge on any atom is -0.508 e. The average Bonchev–Trinajstić information content (AvgIpc) is 2.81. The fourth-order valence-electron chi connectivity index (χ4n) is 6.00. The van der Waals surface area contributed by atoms with Crippen molar-refractivity contribution in [2.45, 2.75) is 71.6 Å². The molecule has 3 aliphatic carbocycles. The van der Waals surface area contributed by atoms with Crippen LogP contribution < -0.4 is 5.73 Å². The van der Waals surface area contributed by atoms with Crippen LogP contribution in [0.1, 0.15) is 63.6 Å². The zero-order valence-corrected chi connectivity index (χ0v) is 22.0. The number of primary amides is 1. The number of nitrogens with two attached hydrogens (primary N) is 1. The molecule has 0 spiro atoms. The van der Waals surface area contributed by atoms with Gasteiger partial charge in [-0.1, -0.05) is 13.8 Å². The van der Waals surface area contributed by atoms with E-state index in [2.05, 4.69) is 18.7 Å². The van der Waals surface area contributed by atoms with Gasteiger partial charge in [-0.25, -0.2) is 4.39 Å². The van der Waals surface area contributed by atoms with Crippen LogP contribution in [0.25, 0.3) is 5.76 Å². The molecule has 38 heavy (non-hydrogen) atoms. The molecule has 1 aromatic carbocycles. The number of Topliss-reactive ketones (excluding diaryl/α,β-unsaturated/α-hetero) is 2. The van der Waals surface area contributed by atoms with Crippen molar-refractivity contribution in [1.29, 1.82) is 0 Å². The highest BCUT2D eigenvalue weighted by molar-refractivity contribution is 6.22. The third kappa shape index (κ3) is 4.29. The summed E-state index contributed by atoms with van der Waals surface area (Å²) in [6.07, 6.45) is 0.389. The van der Waals surface area contributed by atoms with E-state index in [0.717, 1.165) is 13.0 Å². The van der Waals surface area contributed by atoms with E-state index in [1.807, 2.05) is 13.8 Å². The largest absolute Gasteiger partial charge is 0.508 e. The number of carbonyl (C=O) groups is 3. The first-order valence-corrected chi connectivity index (χ1v) is 12.9. The first kappa shape index (κ1) is 27.8. The van der Waals surface area contributed by atoms with Gasteiger partial charge in [0.05, 0.1) is 5.56 Å². The number of carbonyl (C=O) groups excluding carboxylic acids is 3. The van der Waals surface area contributed by atoms with E-state index in [9.17, 15) is 34.8 Å². The molecule has 206 valence electrons. The highest BCUT2D eigenvalue weighted by Gasteiger charge is 2.60. The molecule has 1 fully saturated rings. The molecule has 0 aromatic heterocycles. The Labute approximate surface area is 220 Å². The second-order valence-electron chi connectivity index (χ2n) is 11.4. The van der Waals surface area contributed by atoms with Crippen molar-refractivity contribution < 1.29 is 39.2 Å². The minimum atomic E-state index is -2.64. The second-order valence-corrected chi connectivity index (χ2v) is 11.4. The smallest absolute Gasteiger partial charge is 0.255 e. The zero-order valence-electron chi connectivity index (χ0n) is 22.0. The molecule has 1 amide bonds. The van der Waals surface area contributed by atoms with Crippen LogP contribution in [0.3, 0.4) is 0 Å². The number of rotatable bonds is 7. The Bertz CT molecular complexity index is 1280. The van der Waals surface area contributed by atoms with Gasteiger partial charge in [0.1, 0.15) is 28.7 Å². The molecule has 0 heterocycles. The standard InChI is InChI=1S/C28H35FN2O7/c1-12(2)5-6-31(13(3)4)11-15-9-18(32)21-17(23(15)29)8-14-7-16-10-19(33)22(27(30)37)26(36)28(16,38)25(35)20(14)24(21)34/h9,12-14,16,32,34,36,38H,5-8,10-11H2,1-4H3,(H2,30,37)/t14?,16-,28-/m0/s1. The van der Waals surface area contributed by atoms with Crippen LogP contribution in [0.5, 0.6) is 5.75 Å². The van der Waals surface area contributed by atoms with Crippen LogP contribution in [-0.4, -0.2) is 61.0 Å². The molecule has 6 N–H and O–H groups in total. The number of benzene rings is 1. The molecule has 4 rings (SSSR count). The number of aliphatic hydroxyl groups is 3. The van der Waals surface area contributed by atoms with E-state index in [-0.39, 0.29) is 47.7 Å². The number of fused-ring (bicyclic) bond motifs is 3. The van der Waals surface area contributed by atoms with Crippen molar-refractivity contribution >= 4 is 23.2 Å². The van der Waals surface area contributed by atoms with Gasteiger partial charge in [-0.2, -0.15) is 0 Å². The van der Waals surface area contributed by atoms with Crippen LogP contribution in [-0.2, 0) is 27.3 Å². The number of hydrogen-bond acceptors (Lipinski definition) is 8. The maximum absolute atomic E-state index is 15.9. The third-order valence-corrected chi connectivity index (χ3v) is 8.17. The van der Waals surface area contributed by atoms with Crippen molar-refractivity contribution in [3.63, 3.8) is 0 Å². The van der Waals surface area contributed by atoms with Crippen molar-refractivity contribution in [1.82, 2.24) is 4.90 Å². The molecule has 0 bridgehead atoms. The highest BCUT2D eigenvalue weighted by atomic mass is 19.1. The zero-order chi connectivity index (χ0) is 28.3. The molecule has 0 radical (unpaired) electrons. The molecule has 1 saturated carbocycles. The normalized spacial score (nSPS) is 25.3. The summed E-state index contributed by atoms with van der Waals surface area (Å²) in [4.78, 5) is 39.8. The number of ketones is 2. The summed E-state index contributed by atoms with van der Waals surface area (Å²) in [5, 5.41) is 43.9. The van der Waals surface area contributed by atoms with Gasteiger partial charge in [-0.3, -0.25) is 19.3 Å². The van der Waals surface area contributed by atoms with Gasteiger partial charge in [0.2, 0.25) is 5.78 Å². The van der Waals surface area contributed by atoms with Gasteiger partial charge in [0.25, 0.3) is 5.91 Å². The van der Waals surface area contributed by atoms with Crippen molar-refractivity contribution in [2.75, 3.05) is 6.54 Å². The number of phenols is 1. The van der Waals surface area contributed by atoms with Crippen molar-refractivity contribution in [3.8, 4) is 5.75 Å². The Kier molecular flexibility index (Phi) is 7.18. The van der Waals surface area contributed by atoms with Crippen LogP contribution >= 0.6 is 0 Å². The molecule has 1 aromatic rings. The lowest BCUT2D eigenvalue weighted by molar-refractivity contribution is -0.147. The molecule has 1 unspecified atom stereocenters. The van der Waals surface area contributed by atoms with E-state index in [1.54, 1.807) is 0 Å². The van der Waals surface area contributed by atoms with Gasteiger partial charge in [0.15, 0.2) is 11.4 Å². The molecule has 3 atom stereocenters. The number of phenolic OH excluding ortho intramolecular Hbond substituents is 1. The number of amides is 1. The van der Waals surface area contributed by atoms with Crippen LogP contribution in [0.15, 0.2) is 23.0 Å². The molecule has 0 saturated heterocycles. The van der Waals surface area contributed by atoms with Gasteiger partial charge >= 0.3 is 0 Å². The Morgan fingerprint density at radius 2 is 1.84 bits per heavy atom. The number of hydrogen-bond donors (Lipinski definition) is 5. The lowest BCUT2D eigenvalue weighted by Crippen LogP contribution is -2.58. The predicted molar refractivity (Wildman–Crippen MR) is 136 cm³/mol. The molecular formula is C28H35FN2O7. The van der Waals surface area contributed by atoms with Crippen LogP contribution in [0.2, 0.25) is 0 Å². The van der Waals surface area contributed by atoms with Gasteiger partial charge in [-0.05, 0) is 57.6 Å². The fourth-order valence-corrected chi connectivity index (χ4v) is 6.00. The molecule has 10 heteroatoms. The molecule has 3 aliphatic rings. The molecule has 9 nitrogen and oxygen atoms in total. The maximum Gasteiger partial charge on any atom is 0.255 e. The summed E-state index contributed by atoms with van der Waals surface area (Å²) < 4.78 is 15.9. The van der Waals surface area contributed by atoms with Crippen molar-refractivity contribution in [3.05, 3.63) is 45.5 Å². The Morgan fingerprint density at radius 1 is 1.18 bits per heavy atom. The topological polar surface area (TPSA) is 161 Å². The Balaban J connectivity index is 1.78. The van der Waals surface area contributed by atoms with E-state index < -0.39 is 70.0 Å². The summed E-state index contributed by atoms with van der Waals surface area (Å²) in [5.74, 6) is -7.43. The summed E-state index contributed by atoms with van der Waals surface area (Å²) in [6.45, 7) is 9.19.